The Morgan fingerprint density at radius 3 is 2.75 bits per heavy atom. The number of alkyl halides is 1. The van der Waals surface area contributed by atoms with Crippen LogP contribution in [0.3, 0.4) is 0 Å². The molecule has 1 heterocycles. The van der Waals surface area contributed by atoms with Crippen molar-refractivity contribution < 1.29 is 4.79 Å². The van der Waals surface area contributed by atoms with Crippen LogP contribution in [0.25, 0.3) is 0 Å². The van der Waals surface area contributed by atoms with Gasteiger partial charge >= 0.3 is 0 Å². The summed E-state index contributed by atoms with van der Waals surface area (Å²) in [5.74, 6) is 0.242. The van der Waals surface area contributed by atoms with Crippen molar-refractivity contribution in [3.63, 3.8) is 0 Å². The monoisotopic (exact) mass is 233 g/mol. The van der Waals surface area contributed by atoms with Crippen LogP contribution < -0.4 is 0 Å². The molecule has 0 aromatic rings. The largest absolute Gasteiger partial charge is 0.336 e. The minimum absolute atomic E-state index is 0.242. The molecule has 0 N–H and O–H groups in total. The van der Waals surface area contributed by atoms with E-state index in [9.17, 15) is 4.79 Å². The van der Waals surface area contributed by atoms with E-state index >= 15 is 0 Å². The van der Waals surface area contributed by atoms with Gasteiger partial charge in [0, 0.05) is 12.1 Å². The summed E-state index contributed by atoms with van der Waals surface area (Å²) >= 11 is 3.22. The molecule has 0 aliphatic carbocycles. The second kappa shape index (κ2) is 4.26. The van der Waals surface area contributed by atoms with Crippen LogP contribution in [0.1, 0.15) is 33.1 Å². The minimum Gasteiger partial charge on any atom is -0.336 e. The van der Waals surface area contributed by atoms with Crippen molar-refractivity contribution in [1.29, 1.82) is 0 Å². The average molecular weight is 234 g/mol. The average Bonchev–Trinajstić information content (AvgIpc) is 2.45. The van der Waals surface area contributed by atoms with Crippen LogP contribution in [0.15, 0.2) is 0 Å². The first kappa shape index (κ1) is 10.0. The lowest BCUT2D eigenvalue weighted by atomic mass is 10.1. The highest BCUT2D eigenvalue weighted by atomic mass is 79.9. The van der Waals surface area contributed by atoms with Crippen LogP contribution >= 0.6 is 15.9 Å². The van der Waals surface area contributed by atoms with Crippen molar-refractivity contribution in [1.82, 2.24) is 4.90 Å². The van der Waals surface area contributed by atoms with Gasteiger partial charge in [-0.2, -0.15) is 0 Å². The van der Waals surface area contributed by atoms with E-state index in [4.69, 9.17) is 0 Å². The van der Waals surface area contributed by atoms with Gasteiger partial charge in [-0.3, -0.25) is 4.79 Å². The van der Waals surface area contributed by atoms with Gasteiger partial charge < -0.3 is 4.90 Å². The van der Waals surface area contributed by atoms with Crippen molar-refractivity contribution in [3.8, 4) is 0 Å². The first-order valence-electron chi connectivity index (χ1n) is 4.57. The predicted molar refractivity (Wildman–Crippen MR) is 53.4 cm³/mol. The zero-order valence-corrected chi connectivity index (χ0v) is 9.30. The highest BCUT2D eigenvalue weighted by Gasteiger charge is 2.31. The SMILES string of the molecule is CCC1CCC(C)N1C(=O)CBr. The maximum absolute atomic E-state index is 11.5. The van der Waals surface area contributed by atoms with E-state index in [1.807, 2.05) is 4.90 Å². The number of carbonyl (C=O) groups is 1. The molecule has 2 unspecified atom stereocenters. The van der Waals surface area contributed by atoms with Gasteiger partial charge in [0.1, 0.15) is 0 Å². The third-order valence-electron chi connectivity index (χ3n) is 2.66. The summed E-state index contributed by atoms with van der Waals surface area (Å²) in [6, 6.07) is 0.935. The number of carbonyl (C=O) groups excluding carboxylic acids is 1. The maximum Gasteiger partial charge on any atom is 0.233 e. The van der Waals surface area contributed by atoms with E-state index in [1.165, 1.54) is 6.42 Å². The standard InChI is InChI=1S/C9H16BrNO/c1-3-8-5-4-7(2)11(8)9(12)6-10/h7-8H,3-6H2,1-2H3. The number of rotatable bonds is 2. The van der Waals surface area contributed by atoms with Crippen LogP contribution in [0, 0.1) is 0 Å². The van der Waals surface area contributed by atoms with E-state index in [0.29, 0.717) is 17.4 Å². The van der Waals surface area contributed by atoms with Gasteiger partial charge in [0.05, 0.1) is 5.33 Å². The van der Waals surface area contributed by atoms with E-state index in [0.717, 1.165) is 12.8 Å². The third kappa shape index (κ3) is 1.82. The minimum atomic E-state index is 0.242. The highest BCUT2D eigenvalue weighted by Crippen LogP contribution is 2.26. The lowest BCUT2D eigenvalue weighted by Gasteiger charge is -2.27. The fourth-order valence-corrected chi connectivity index (χ4v) is 2.28. The Balaban J connectivity index is 2.63. The fourth-order valence-electron chi connectivity index (χ4n) is 1.99. The summed E-state index contributed by atoms with van der Waals surface area (Å²) in [5.41, 5.74) is 0. The van der Waals surface area contributed by atoms with Gasteiger partial charge in [0.2, 0.25) is 5.91 Å². The number of likely N-dealkylation sites (tertiary alicyclic amines) is 1. The highest BCUT2D eigenvalue weighted by molar-refractivity contribution is 9.09. The molecule has 12 heavy (non-hydrogen) atoms. The molecule has 2 nitrogen and oxygen atoms in total. The molecule has 0 saturated carbocycles. The van der Waals surface area contributed by atoms with E-state index in [-0.39, 0.29) is 5.91 Å². The second-order valence-electron chi connectivity index (χ2n) is 3.42. The summed E-state index contributed by atoms with van der Waals surface area (Å²) in [4.78, 5) is 13.5. The van der Waals surface area contributed by atoms with Crippen molar-refractivity contribution >= 4 is 21.8 Å². The first-order chi connectivity index (χ1) is 5.70. The van der Waals surface area contributed by atoms with Gasteiger partial charge in [-0.25, -0.2) is 0 Å². The molecular formula is C9H16BrNO. The quantitative estimate of drug-likeness (QED) is 0.670. The Hall–Kier alpha value is -0.0500. The molecule has 1 aliphatic rings. The predicted octanol–water partition coefficient (Wildman–Crippen LogP) is 2.17. The molecule has 70 valence electrons. The Kier molecular flexibility index (Phi) is 3.56. The van der Waals surface area contributed by atoms with Gasteiger partial charge in [0.25, 0.3) is 0 Å². The molecule has 1 fully saturated rings. The van der Waals surface area contributed by atoms with Crippen molar-refractivity contribution in [2.75, 3.05) is 5.33 Å². The molecule has 0 radical (unpaired) electrons. The van der Waals surface area contributed by atoms with Crippen molar-refractivity contribution in [2.45, 2.75) is 45.2 Å². The van der Waals surface area contributed by atoms with E-state index in [1.54, 1.807) is 0 Å². The Labute approximate surface area is 82.4 Å². The summed E-state index contributed by atoms with van der Waals surface area (Å²) in [7, 11) is 0. The van der Waals surface area contributed by atoms with Crippen LogP contribution in [0.2, 0.25) is 0 Å². The molecular weight excluding hydrogens is 218 g/mol. The molecule has 2 atom stereocenters. The maximum atomic E-state index is 11.5. The Morgan fingerprint density at radius 2 is 2.25 bits per heavy atom. The molecule has 1 aliphatic heterocycles. The summed E-state index contributed by atoms with van der Waals surface area (Å²) in [6.07, 6.45) is 3.43. The zero-order chi connectivity index (χ0) is 9.14. The lowest BCUT2D eigenvalue weighted by molar-refractivity contribution is -0.130. The van der Waals surface area contributed by atoms with Gasteiger partial charge in [-0.05, 0) is 26.2 Å². The van der Waals surface area contributed by atoms with Gasteiger partial charge in [-0.15, -0.1) is 0 Å². The van der Waals surface area contributed by atoms with Gasteiger partial charge in [0.15, 0.2) is 0 Å². The fraction of sp³-hybridized carbons (Fsp3) is 0.889. The molecule has 1 amide bonds. The Morgan fingerprint density at radius 1 is 1.58 bits per heavy atom. The van der Waals surface area contributed by atoms with Crippen molar-refractivity contribution in [3.05, 3.63) is 0 Å². The first-order valence-corrected chi connectivity index (χ1v) is 5.70. The summed E-state index contributed by atoms with van der Waals surface area (Å²) in [6.45, 7) is 4.29. The molecule has 0 aromatic heterocycles. The topological polar surface area (TPSA) is 20.3 Å². The number of hydrogen-bond acceptors (Lipinski definition) is 1. The lowest BCUT2D eigenvalue weighted by Crippen LogP contribution is -2.40. The van der Waals surface area contributed by atoms with Crippen LogP contribution in [-0.2, 0) is 4.79 Å². The smallest absolute Gasteiger partial charge is 0.233 e. The third-order valence-corrected chi connectivity index (χ3v) is 3.14. The second-order valence-corrected chi connectivity index (χ2v) is 3.98. The molecule has 3 heteroatoms. The molecule has 1 saturated heterocycles. The van der Waals surface area contributed by atoms with Crippen LogP contribution in [0.4, 0.5) is 0 Å². The number of hydrogen-bond donors (Lipinski definition) is 0. The van der Waals surface area contributed by atoms with Crippen LogP contribution in [-0.4, -0.2) is 28.2 Å². The summed E-state index contributed by atoms with van der Waals surface area (Å²) < 4.78 is 0. The van der Waals surface area contributed by atoms with E-state index in [2.05, 4.69) is 29.8 Å². The molecule has 0 spiro atoms. The van der Waals surface area contributed by atoms with Gasteiger partial charge in [-0.1, -0.05) is 22.9 Å². The molecule has 1 rings (SSSR count). The summed E-state index contributed by atoms with van der Waals surface area (Å²) in [5, 5.41) is 0.466. The Bertz CT molecular complexity index is 172. The normalized spacial score (nSPS) is 29.4. The van der Waals surface area contributed by atoms with Crippen molar-refractivity contribution in [2.24, 2.45) is 0 Å². The number of nitrogens with zero attached hydrogens (tertiary/aromatic N) is 1. The molecule has 0 bridgehead atoms. The number of amides is 1. The zero-order valence-electron chi connectivity index (χ0n) is 7.72. The number of halogens is 1. The van der Waals surface area contributed by atoms with Crippen LogP contribution in [0.5, 0.6) is 0 Å². The molecule has 0 aromatic carbocycles. The van der Waals surface area contributed by atoms with E-state index < -0.39 is 0 Å².